The number of carbonyl (C=O) groups is 2. The quantitative estimate of drug-likeness (QED) is 0.318. The molecule has 0 radical (unpaired) electrons. The maximum absolute atomic E-state index is 14.2. The monoisotopic (exact) mass is 581 g/mol. The molecule has 0 saturated heterocycles. The van der Waals surface area contributed by atoms with Crippen molar-refractivity contribution in [3.63, 3.8) is 0 Å². The molecule has 0 aliphatic carbocycles. The van der Waals surface area contributed by atoms with E-state index >= 15 is 0 Å². The summed E-state index contributed by atoms with van der Waals surface area (Å²) in [5.41, 5.74) is 1.75. The van der Waals surface area contributed by atoms with Gasteiger partial charge in [0.05, 0.1) is 24.8 Å². The Balaban J connectivity index is 2.13. The zero-order chi connectivity index (χ0) is 30.2. The largest absolute Gasteiger partial charge is 0.497 e. The highest BCUT2D eigenvalue weighted by molar-refractivity contribution is 7.92. The van der Waals surface area contributed by atoms with E-state index in [0.717, 1.165) is 15.4 Å². The lowest BCUT2D eigenvalue weighted by molar-refractivity contribution is -0.140. The zero-order valence-corrected chi connectivity index (χ0v) is 25.3. The van der Waals surface area contributed by atoms with Crippen molar-refractivity contribution in [3.8, 4) is 11.5 Å². The summed E-state index contributed by atoms with van der Waals surface area (Å²) in [6.45, 7) is 6.86. The first-order valence-corrected chi connectivity index (χ1v) is 14.9. The SMILES string of the molecule is CC[C@H](C(=O)NC(C)C)N(Cc1cccc(OC)c1)C(=O)CN(c1cc(C)ccc1OC)S(=O)(=O)c1ccccc1. The molecule has 0 unspecified atom stereocenters. The van der Waals surface area contributed by atoms with Gasteiger partial charge in [0.25, 0.3) is 10.0 Å². The number of aryl methyl sites for hydroxylation is 1. The van der Waals surface area contributed by atoms with E-state index in [0.29, 0.717) is 17.9 Å². The minimum atomic E-state index is -4.20. The van der Waals surface area contributed by atoms with Gasteiger partial charge in [0.2, 0.25) is 11.8 Å². The molecule has 41 heavy (non-hydrogen) atoms. The summed E-state index contributed by atoms with van der Waals surface area (Å²) >= 11 is 0. The fourth-order valence-electron chi connectivity index (χ4n) is 4.50. The zero-order valence-electron chi connectivity index (χ0n) is 24.5. The van der Waals surface area contributed by atoms with Gasteiger partial charge in [-0.3, -0.25) is 13.9 Å². The average Bonchev–Trinajstić information content (AvgIpc) is 2.95. The summed E-state index contributed by atoms with van der Waals surface area (Å²) in [6, 6.07) is 19.3. The number of rotatable bonds is 13. The lowest BCUT2D eigenvalue weighted by Gasteiger charge is -2.34. The summed E-state index contributed by atoms with van der Waals surface area (Å²) in [7, 11) is -1.21. The lowest BCUT2D eigenvalue weighted by atomic mass is 10.1. The van der Waals surface area contributed by atoms with Crippen molar-refractivity contribution < 1.29 is 27.5 Å². The first-order chi connectivity index (χ1) is 19.5. The highest BCUT2D eigenvalue weighted by Crippen LogP contribution is 2.34. The number of anilines is 1. The van der Waals surface area contributed by atoms with E-state index < -0.39 is 28.5 Å². The number of hydrogen-bond acceptors (Lipinski definition) is 6. The Morgan fingerprint density at radius 2 is 1.63 bits per heavy atom. The topological polar surface area (TPSA) is 105 Å². The molecule has 0 heterocycles. The second kappa shape index (κ2) is 14.0. The molecular formula is C31H39N3O6S. The molecule has 0 aromatic heterocycles. The van der Waals surface area contributed by atoms with Crippen molar-refractivity contribution in [2.24, 2.45) is 0 Å². The number of nitrogens with zero attached hydrogens (tertiary/aromatic N) is 2. The standard InChI is InChI=1S/C31H39N3O6S/c1-7-27(31(36)32-22(2)3)33(20-24-12-11-13-25(19-24)39-5)30(35)21-34(28-18-23(4)16-17-29(28)40-6)41(37,38)26-14-9-8-10-15-26/h8-19,22,27H,7,20-21H2,1-6H3,(H,32,36)/t27-/m1/s1. The van der Waals surface area contributed by atoms with E-state index in [1.165, 1.54) is 24.1 Å². The second-order valence-electron chi connectivity index (χ2n) is 9.96. The summed E-state index contributed by atoms with van der Waals surface area (Å²) in [5, 5.41) is 2.89. The van der Waals surface area contributed by atoms with Gasteiger partial charge in [-0.15, -0.1) is 0 Å². The Morgan fingerprint density at radius 1 is 0.927 bits per heavy atom. The van der Waals surface area contributed by atoms with E-state index in [2.05, 4.69) is 5.32 Å². The summed E-state index contributed by atoms with van der Waals surface area (Å²) in [6.07, 6.45) is 0.327. The number of benzene rings is 3. The third-order valence-corrected chi connectivity index (χ3v) is 8.29. The highest BCUT2D eigenvalue weighted by atomic mass is 32.2. The molecule has 2 amide bonds. The number of ether oxygens (including phenoxy) is 2. The lowest BCUT2D eigenvalue weighted by Crippen LogP contribution is -2.53. The fraction of sp³-hybridized carbons (Fsp3) is 0.355. The summed E-state index contributed by atoms with van der Waals surface area (Å²) in [5.74, 6) is 0.0465. The normalized spacial score (nSPS) is 12.0. The van der Waals surface area contributed by atoms with Crippen LogP contribution in [-0.2, 0) is 26.2 Å². The number of nitrogens with one attached hydrogen (secondary N) is 1. The molecule has 9 nitrogen and oxygen atoms in total. The van der Waals surface area contributed by atoms with Crippen molar-refractivity contribution in [2.75, 3.05) is 25.1 Å². The predicted molar refractivity (Wildman–Crippen MR) is 160 cm³/mol. The molecule has 220 valence electrons. The Hall–Kier alpha value is -4.05. The van der Waals surface area contributed by atoms with Crippen LogP contribution in [0.3, 0.4) is 0 Å². The van der Waals surface area contributed by atoms with Crippen LogP contribution in [0.5, 0.6) is 11.5 Å². The molecule has 0 aliphatic rings. The average molecular weight is 582 g/mol. The number of methoxy groups -OCH3 is 2. The third-order valence-electron chi connectivity index (χ3n) is 6.52. The van der Waals surface area contributed by atoms with Crippen molar-refractivity contribution in [3.05, 3.63) is 83.9 Å². The van der Waals surface area contributed by atoms with Crippen molar-refractivity contribution in [1.29, 1.82) is 0 Å². The number of carbonyl (C=O) groups excluding carboxylic acids is 2. The Morgan fingerprint density at radius 3 is 2.24 bits per heavy atom. The van der Waals surface area contributed by atoms with Crippen LogP contribution in [0.1, 0.15) is 38.3 Å². The molecule has 0 aliphatic heterocycles. The molecule has 0 fully saturated rings. The van der Waals surface area contributed by atoms with Gasteiger partial charge < -0.3 is 19.7 Å². The van der Waals surface area contributed by atoms with Gasteiger partial charge in [0, 0.05) is 12.6 Å². The summed E-state index contributed by atoms with van der Waals surface area (Å²) < 4.78 is 40.0. The van der Waals surface area contributed by atoms with Gasteiger partial charge in [0.15, 0.2) is 0 Å². The van der Waals surface area contributed by atoms with E-state index in [-0.39, 0.29) is 29.1 Å². The smallest absolute Gasteiger partial charge is 0.264 e. The van der Waals surface area contributed by atoms with Crippen molar-refractivity contribution in [2.45, 2.75) is 57.6 Å². The maximum Gasteiger partial charge on any atom is 0.264 e. The van der Waals surface area contributed by atoms with Gasteiger partial charge in [-0.25, -0.2) is 8.42 Å². The van der Waals surface area contributed by atoms with Gasteiger partial charge >= 0.3 is 0 Å². The predicted octanol–water partition coefficient (Wildman–Crippen LogP) is 4.54. The molecule has 0 spiro atoms. The van der Waals surface area contributed by atoms with Crippen LogP contribution in [0.2, 0.25) is 0 Å². The van der Waals surface area contributed by atoms with Crippen LogP contribution in [-0.4, -0.2) is 58.0 Å². The van der Waals surface area contributed by atoms with Crippen LogP contribution >= 0.6 is 0 Å². The van der Waals surface area contributed by atoms with Crippen LogP contribution in [0.25, 0.3) is 0 Å². The first kappa shape index (κ1) is 31.5. The fourth-order valence-corrected chi connectivity index (χ4v) is 5.93. The second-order valence-corrected chi connectivity index (χ2v) is 11.8. The van der Waals surface area contributed by atoms with E-state index in [4.69, 9.17) is 9.47 Å². The van der Waals surface area contributed by atoms with Gasteiger partial charge in [-0.1, -0.05) is 43.3 Å². The molecular weight excluding hydrogens is 542 g/mol. The van der Waals surface area contributed by atoms with Gasteiger partial charge in [-0.05, 0) is 74.7 Å². The Kier molecular flexibility index (Phi) is 10.8. The molecule has 1 N–H and O–H groups in total. The van der Waals surface area contributed by atoms with E-state index in [1.54, 1.807) is 61.7 Å². The minimum Gasteiger partial charge on any atom is -0.497 e. The Labute approximate surface area is 243 Å². The third kappa shape index (κ3) is 7.79. The van der Waals surface area contributed by atoms with Crippen LogP contribution < -0.4 is 19.1 Å². The Bertz CT molecular complexity index is 1440. The van der Waals surface area contributed by atoms with Crippen LogP contribution in [0.4, 0.5) is 5.69 Å². The number of hydrogen-bond donors (Lipinski definition) is 1. The molecule has 1 atom stereocenters. The van der Waals surface area contributed by atoms with Crippen molar-refractivity contribution in [1.82, 2.24) is 10.2 Å². The number of sulfonamides is 1. The minimum absolute atomic E-state index is 0.0281. The van der Waals surface area contributed by atoms with E-state index in [1.807, 2.05) is 33.8 Å². The first-order valence-electron chi connectivity index (χ1n) is 13.5. The van der Waals surface area contributed by atoms with Crippen LogP contribution in [0, 0.1) is 6.92 Å². The molecule has 0 saturated carbocycles. The van der Waals surface area contributed by atoms with Crippen LogP contribution in [0.15, 0.2) is 77.7 Å². The molecule has 3 aromatic rings. The maximum atomic E-state index is 14.2. The van der Waals surface area contributed by atoms with E-state index in [9.17, 15) is 18.0 Å². The highest BCUT2D eigenvalue weighted by Gasteiger charge is 2.35. The molecule has 0 bridgehead atoms. The van der Waals surface area contributed by atoms with Crippen molar-refractivity contribution >= 4 is 27.5 Å². The number of amides is 2. The molecule has 3 rings (SSSR count). The molecule has 10 heteroatoms. The summed E-state index contributed by atoms with van der Waals surface area (Å²) in [4.78, 5) is 28.9. The van der Waals surface area contributed by atoms with Gasteiger partial charge in [-0.2, -0.15) is 0 Å². The molecule has 3 aromatic carbocycles. The van der Waals surface area contributed by atoms with Gasteiger partial charge in [0.1, 0.15) is 24.1 Å².